The van der Waals surface area contributed by atoms with Crippen molar-refractivity contribution in [1.29, 1.82) is 0 Å². The SMILES string of the molecule is Cc1c(C(C)NC(=O)CNC(=O)c2cc(-c3ccccc3)on2)cnn1-c1ccc(F)cc1. The Labute approximate surface area is 189 Å². The summed E-state index contributed by atoms with van der Waals surface area (Å²) in [7, 11) is 0. The Balaban J connectivity index is 1.33. The van der Waals surface area contributed by atoms with E-state index in [9.17, 15) is 14.0 Å². The summed E-state index contributed by atoms with van der Waals surface area (Å²) in [6.07, 6.45) is 1.66. The molecule has 0 saturated carbocycles. The number of carbonyl (C=O) groups is 2. The molecule has 0 aliphatic carbocycles. The highest BCUT2D eigenvalue weighted by atomic mass is 19.1. The minimum Gasteiger partial charge on any atom is -0.355 e. The normalized spacial score (nSPS) is 11.7. The van der Waals surface area contributed by atoms with Gasteiger partial charge < -0.3 is 15.2 Å². The number of hydrogen-bond donors (Lipinski definition) is 2. The first kappa shape index (κ1) is 21.9. The highest BCUT2D eigenvalue weighted by molar-refractivity contribution is 5.95. The summed E-state index contributed by atoms with van der Waals surface area (Å²) in [5, 5.41) is 13.5. The molecule has 0 fully saturated rings. The van der Waals surface area contributed by atoms with Crippen LogP contribution < -0.4 is 10.6 Å². The molecular formula is C24H22FN5O3. The summed E-state index contributed by atoms with van der Waals surface area (Å²) < 4.78 is 20.1. The molecule has 8 nitrogen and oxygen atoms in total. The van der Waals surface area contributed by atoms with Gasteiger partial charge in [-0.1, -0.05) is 35.5 Å². The Morgan fingerprint density at radius 2 is 1.85 bits per heavy atom. The van der Waals surface area contributed by atoms with Crippen molar-refractivity contribution < 1.29 is 18.5 Å². The fourth-order valence-electron chi connectivity index (χ4n) is 3.43. The average molecular weight is 447 g/mol. The molecule has 0 bridgehead atoms. The molecule has 9 heteroatoms. The number of rotatable bonds is 7. The zero-order valence-electron chi connectivity index (χ0n) is 18.1. The van der Waals surface area contributed by atoms with E-state index in [4.69, 9.17) is 4.52 Å². The fraction of sp³-hybridized carbons (Fsp3) is 0.167. The quantitative estimate of drug-likeness (QED) is 0.451. The van der Waals surface area contributed by atoms with Crippen LogP contribution in [-0.4, -0.2) is 33.3 Å². The van der Waals surface area contributed by atoms with Gasteiger partial charge in [-0.2, -0.15) is 5.10 Å². The lowest BCUT2D eigenvalue weighted by Crippen LogP contribution is -2.38. The zero-order chi connectivity index (χ0) is 23.4. The maximum atomic E-state index is 13.2. The first-order chi connectivity index (χ1) is 15.9. The molecule has 1 unspecified atom stereocenters. The number of nitrogens with zero attached hydrogens (tertiary/aromatic N) is 3. The van der Waals surface area contributed by atoms with Crippen LogP contribution in [0, 0.1) is 12.7 Å². The Morgan fingerprint density at radius 3 is 2.58 bits per heavy atom. The van der Waals surface area contributed by atoms with Gasteiger partial charge >= 0.3 is 0 Å². The van der Waals surface area contributed by atoms with Crippen molar-refractivity contribution in [2.75, 3.05) is 6.54 Å². The molecule has 4 rings (SSSR count). The Hall–Kier alpha value is -4.27. The van der Waals surface area contributed by atoms with Crippen molar-refractivity contribution in [3.63, 3.8) is 0 Å². The molecule has 0 aliphatic heterocycles. The van der Waals surface area contributed by atoms with Crippen molar-refractivity contribution in [3.8, 4) is 17.0 Å². The van der Waals surface area contributed by atoms with Crippen LogP contribution in [0.3, 0.4) is 0 Å². The largest absolute Gasteiger partial charge is 0.355 e. The standard InChI is InChI=1S/C24H22FN5O3/c1-15(20-13-27-30(16(20)2)19-10-8-18(25)9-11-19)28-23(31)14-26-24(32)21-12-22(33-29-21)17-6-4-3-5-7-17/h3-13,15H,14H2,1-2H3,(H,26,32)(H,28,31). The average Bonchev–Trinajstić information content (AvgIpc) is 3.46. The van der Waals surface area contributed by atoms with Crippen molar-refractivity contribution in [3.05, 3.63) is 89.6 Å². The molecule has 4 aromatic rings. The first-order valence-electron chi connectivity index (χ1n) is 10.3. The van der Waals surface area contributed by atoms with Crippen molar-refractivity contribution in [1.82, 2.24) is 25.6 Å². The number of halogens is 1. The third-order valence-corrected chi connectivity index (χ3v) is 5.17. The fourth-order valence-corrected chi connectivity index (χ4v) is 3.43. The van der Waals surface area contributed by atoms with E-state index >= 15 is 0 Å². The van der Waals surface area contributed by atoms with E-state index in [2.05, 4.69) is 20.9 Å². The molecule has 0 radical (unpaired) electrons. The van der Waals surface area contributed by atoms with E-state index in [0.717, 1.165) is 16.8 Å². The third kappa shape index (κ3) is 4.98. The Kier molecular flexibility index (Phi) is 6.30. The number of nitrogens with one attached hydrogen (secondary N) is 2. The number of amides is 2. The van der Waals surface area contributed by atoms with Crippen LogP contribution in [0.4, 0.5) is 4.39 Å². The van der Waals surface area contributed by atoms with Crippen LogP contribution in [0.2, 0.25) is 0 Å². The van der Waals surface area contributed by atoms with Gasteiger partial charge in [0.05, 0.1) is 24.5 Å². The van der Waals surface area contributed by atoms with Crippen LogP contribution in [0.15, 0.2) is 71.4 Å². The van der Waals surface area contributed by atoms with E-state index < -0.39 is 5.91 Å². The molecule has 1 atom stereocenters. The first-order valence-corrected chi connectivity index (χ1v) is 10.3. The summed E-state index contributed by atoms with van der Waals surface area (Å²) >= 11 is 0. The van der Waals surface area contributed by atoms with E-state index in [0.29, 0.717) is 11.4 Å². The van der Waals surface area contributed by atoms with Gasteiger partial charge in [0.1, 0.15) is 5.82 Å². The summed E-state index contributed by atoms with van der Waals surface area (Å²) in [5.74, 6) is -0.735. The molecular weight excluding hydrogens is 425 g/mol. The summed E-state index contributed by atoms with van der Waals surface area (Å²) in [6, 6.07) is 16.4. The van der Waals surface area contributed by atoms with Gasteiger partial charge in [0.25, 0.3) is 5.91 Å². The van der Waals surface area contributed by atoms with E-state index in [1.54, 1.807) is 23.0 Å². The van der Waals surface area contributed by atoms with Gasteiger partial charge in [0.2, 0.25) is 5.91 Å². The second kappa shape index (κ2) is 9.47. The molecule has 2 heterocycles. The maximum Gasteiger partial charge on any atom is 0.273 e. The molecule has 2 aromatic heterocycles. The molecule has 33 heavy (non-hydrogen) atoms. The predicted octanol–water partition coefficient (Wildman–Crippen LogP) is 3.58. The molecule has 0 spiro atoms. The van der Waals surface area contributed by atoms with Gasteiger partial charge in [0.15, 0.2) is 11.5 Å². The van der Waals surface area contributed by atoms with Gasteiger partial charge in [-0.15, -0.1) is 0 Å². The number of benzene rings is 2. The minimum atomic E-state index is -0.510. The predicted molar refractivity (Wildman–Crippen MR) is 119 cm³/mol. The molecule has 0 saturated heterocycles. The molecule has 2 N–H and O–H groups in total. The maximum absolute atomic E-state index is 13.2. The Morgan fingerprint density at radius 1 is 1.12 bits per heavy atom. The van der Waals surface area contributed by atoms with E-state index in [-0.39, 0.29) is 30.0 Å². The lowest BCUT2D eigenvalue weighted by Gasteiger charge is -2.14. The Bertz CT molecular complexity index is 1270. The van der Waals surface area contributed by atoms with Crippen LogP contribution in [-0.2, 0) is 4.79 Å². The van der Waals surface area contributed by atoms with E-state index in [1.165, 1.54) is 18.2 Å². The van der Waals surface area contributed by atoms with Gasteiger partial charge in [0, 0.05) is 22.9 Å². The second-order valence-corrected chi connectivity index (χ2v) is 7.49. The molecule has 2 aromatic carbocycles. The lowest BCUT2D eigenvalue weighted by molar-refractivity contribution is -0.120. The topological polar surface area (TPSA) is 102 Å². The third-order valence-electron chi connectivity index (χ3n) is 5.17. The monoisotopic (exact) mass is 447 g/mol. The lowest BCUT2D eigenvalue weighted by atomic mass is 10.1. The molecule has 168 valence electrons. The van der Waals surface area contributed by atoms with Crippen molar-refractivity contribution in [2.45, 2.75) is 19.9 Å². The van der Waals surface area contributed by atoms with E-state index in [1.807, 2.05) is 44.2 Å². The smallest absolute Gasteiger partial charge is 0.273 e. The van der Waals surface area contributed by atoms with Crippen molar-refractivity contribution >= 4 is 11.8 Å². The van der Waals surface area contributed by atoms with Crippen molar-refractivity contribution in [2.24, 2.45) is 0 Å². The van der Waals surface area contributed by atoms with Crippen LogP contribution in [0.25, 0.3) is 17.0 Å². The summed E-state index contributed by atoms with van der Waals surface area (Å²) in [4.78, 5) is 24.7. The van der Waals surface area contributed by atoms with Crippen LogP contribution in [0.1, 0.15) is 34.7 Å². The zero-order valence-corrected chi connectivity index (χ0v) is 18.1. The van der Waals surface area contributed by atoms with Crippen LogP contribution in [0.5, 0.6) is 0 Å². The minimum absolute atomic E-state index is 0.0890. The highest BCUT2D eigenvalue weighted by Gasteiger charge is 2.18. The second-order valence-electron chi connectivity index (χ2n) is 7.49. The van der Waals surface area contributed by atoms with Gasteiger partial charge in [-0.05, 0) is 38.1 Å². The molecule has 0 aliphatic rings. The number of carbonyl (C=O) groups excluding carboxylic acids is 2. The van der Waals surface area contributed by atoms with Crippen LogP contribution >= 0.6 is 0 Å². The number of hydrogen-bond acceptors (Lipinski definition) is 5. The summed E-state index contributed by atoms with van der Waals surface area (Å²) in [5.41, 5.74) is 3.23. The number of aromatic nitrogens is 3. The summed E-state index contributed by atoms with van der Waals surface area (Å²) in [6.45, 7) is 3.47. The van der Waals surface area contributed by atoms with Gasteiger partial charge in [-0.25, -0.2) is 9.07 Å². The molecule has 2 amide bonds. The highest BCUT2D eigenvalue weighted by Crippen LogP contribution is 2.21. The van der Waals surface area contributed by atoms with Gasteiger partial charge in [-0.3, -0.25) is 9.59 Å².